The summed E-state index contributed by atoms with van der Waals surface area (Å²) in [5.41, 5.74) is 2.14. The summed E-state index contributed by atoms with van der Waals surface area (Å²) in [5.74, 6) is -0.325. The molecule has 2 heterocycles. The zero-order valence-corrected chi connectivity index (χ0v) is 10.3. The van der Waals surface area contributed by atoms with Crippen LogP contribution >= 0.6 is 0 Å². The van der Waals surface area contributed by atoms with Crippen LogP contribution in [0.3, 0.4) is 0 Å². The summed E-state index contributed by atoms with van der Waals surface area (Å²) in [4.78, 5) is 8.18. The molecule has 0 aliphatic rings. The number of pyridine rings is 1. The molecule has 19 heavy (non-hydrogen) atoms. The first-order chi connectivity index (χ1) is 9.22. The number of oxazole rings is 1. The summed E-state index contributed by atoms with van der Waals surface area (Å²) in [6, 6.07) is 8.51. The summed E-state index contributed by atoms with van der Waals surface area (Å²) in [6.45, 7) is 1.99. The van der Waals surface area contributed by atoms with Gasteiger partial charge in [-0.2, -0.15) is 4.98 Å². The molecule has 0 saturated heterocycles. The molecule has 0 amide bonds. The summed E-state index contributed by atoms with van der Waals surface area (Å²) < 4.78 is 18.6. The monoisotopic (exact) mass is 257 g/mol. The molecule has 0 spiro atoms. The molecule has 0 saturated carbocycles. The molecule has 3 rings (SSSR count). The summed E-state index contributed by atoms with van der Waals surface area (Å²) in [5, 5.41) is 3.14. The van der Waals surface area contributed by atoms with Crippen LogP contribution in [0.2, 0.25) is 0 Å². The molecule has 2 aromatic heterocycles. The predicted octanol–water partition coefficient (Wildman–Crippen LogP) is 3.54. The molecule has 5 heteroatoms. The number of fused-ring (bicyclic) bond motifs is 1. The third kappa shape index (κ3) is 2.40. The molecular weight excluding hydrogens is 245 g/mol. The van der Waals surface area contributed by atoms with Crippen LogP contribution < -0.4 is 5.32 Å². The Morgan fingerprint density at radius 2 is 2.00 bits per heavy atom. The van der Waals surface area contributed by atoms with Gasteiger partial charge in [0.25, 0.3) is 6.01 Å². The van der Waals surface area contributed by atoms with E-state index in [1.54, 1.807) is 18.5 Å². The molecule has 1 N–H and O–H groups in total. The molecule has 1 aromatic carbocycles. The second-order valence-corrected chi connectivity index (χ2v) is 4.28. The van der Waals surface area contributed by atoms with Crippen molar-refractivity contribution < 1.29 is 8.81 Å². The highest BCUT2D eigenvalue weighted by atomic mass is 19.1. The largest absolute Gasteiger partial charge is 0.424 e. The SMILES string of the molecule is CC(Nc1nc2cc(F)ccc2o1)c1ccncc1. The molecule has 3 aromatic rings. The molecule has 0 aliphatic heterocycles. The van der Waals surface area contributed by atoms with Crippen LogP contribution in [-0.4, -0.2) is 9.97 Å². The highest BCUT2D eigenvalue weighted by Gasteiger charge is 2.10. The van der Waals surface area contributed by atoms with Gasteiger partial charge in [-0.3, -0.25) is 4.98 Å². The number of hydrogen-bond donors (Lipinski definition) is 1. The molecule has 0 bridgehead atoms. The van der Waals surface area contributed by atoms with Crippen molar-refractivity contribution >= 4 is 17.1 Å². The Kier molecular flexibility index (Phi) is 2.87. The molecule has 0 aliphatic carbocycles. The zero-order chi connectivity index (χ0) is 13.2. The first kappa shape index (κ1) is 11.6. The van der Waals surface area contributed by atoms with Crippen molar-refractivity contribution in [2.45, 2.75) is 13.0 Å². The van der Waals surface area contributed by atoms with Gasteiger partial charge < -0.3 is 9.73 Å². The maximum atomic E-state index is 13.1. The van der Waals surface area contributed by atoms with E-state index in [0.29, 0.717) is 17.1 Å². The Labute approximate surface area is 109 Å². The fourth-order valence-electron chi connectivity index (χ4n) is 1.88. The van der Waals surface area contributed by atoms with Gasteiger partial charge in [0, 0.05) is 18.5 Å². The number of rotatable bonds is 3. The van der Waals surface area contributed by atoms with Crippen LogP contribution in [0.5, 0.6) is 0 Å². The zero-order valence-electron chi connectivity index (χ0n) is 10.3. The first-order valence-corrected chi connectivity index (χ1v) is 5.95. The minimum absolute atomic E-state index is 0.0286. The average Bonchev–Trinajstić information content (AvgIpc) is 2.81. The second-order valence-electron chi connectivity index (χ2n) is 4.28. The topological polar surface area (TPSA) is 51.0 Å². The fourth-order valence-corrected chi connectivity index (χ4v) is 1.88. The smallest absolute Gasteiger partial charge is 0.296 e. The summed E-state index contributed by atoms with van der Waals surface area (Å²) in [6.07, 6.45) is 3.46. The molecule has 4 nitrogen and oxygen atoms in total. The van der Waals surface area contributed by atoms with E-state index in [1.165, 1.54) is 12.1 Å². The number of anilines is 1. The summed E-state index contributed by atoms with van der Waals surface area (Å²) >= 11 is 0. The molecule has 1 unspecified atom stereocenters. The van der Waals surface area contributed by atoms with Crippen LogP contribution in [0.25, 0.3) is 11.1 Å². The molecule has 96 valence electrons. The lowest BCUT2D eigenvalue weighted by molar-refractivity contribution is 0.601. The van der Waals surface area contributed by atoms with Crippen LogP contribution in [0, 0.1) is 5.82 Å². The molecule has 1 atom stereocenters. The van der Waals surface area contributed by atoms with Crippen molar-refractivity contribution in [3.8, 4) is 0 Å². The normalized spacial score (nSPS) is 12.5. The minimum Gasteiger partial charge on any atom is -0.424 e. The van der Waals surface area contributed by atoms with Gasteiger partial charge in [-0.15, -0.1) is 0 Å². The van der Waals surface area contributed by atoms with E-state index >= 15 is 0 Å². The Morgan fingerprint density at radius 3 is 2.79 bits per heavy atom. The van der Waals surface area contributed by atoms with E-state index in [-0.39, 0.29) is 11.9 Å². The van der Waals surface area contributed by atoms with Crippen molar-refractivity contribution in [1.29, 1.82) is 0 Å². The van der Waals surface area contributed by atoms with Crippen molar-refractivity contribution in [3.63, 3.8) is 0 Å². The second kappa shape index (κ2) is 4.68. The maximum Gasteiger partial charge on any atom is 0.296 e. The van der Waals surface area contributed by atoms with E-state index in [0.717, 1.165) is 5.56 Å². The standard InChI is InChI=1S/C14H12FN3O/c1-9(10-4-6-16-7-5-10)17-14-18-12-8-11(15)2-3-13(12)19-14/h2-9H,1H3,(H,17,18). The van der Waals surface area contributed by atoms with Gasteiger partial charge in [0.05, 0.1) is 6.04 Å². The van der Waals surface area contributed by atoms with E-state index in [9.17, 15) is 4.39 Å². The van der Waals surface area contributed by atoms with Crippen molar-refractivity contribution in [2.75, 3.05) is 5.32 Å². The van der Waals surface area contributed by atoms with E-state index in [2.05, 4.69) is 15.3 Å². The van der Waals surface area contributed by atoms with Gasteiger partial charge in [0.15, 0.2) is 5.58 Å². The number of hydrogen-bond acceptors (Lipinski definition) is 4. The van der Waals surface area contributed by atoms with E-state index in [1.807, 2.05) is 19.1 Å². The fraction of sp³-hybridized carbons (Fsp3) is 0.143. The molecular formula is C14H12FN3O. The average molecular weight is 257 g/mol. The quantitative estimate of drug-likeness (QED) is 0.779. The van der Waals surface area contributed by atoms with Crippen LogP contribution in [-0.2, 0) is 0 Å². The van der Waals surface area contributed by atoms with Crippen LogP contribution in [0.15, 0.2) is 47.1 Å². The third-order valence-corrected chi connectivity index (χ3v) is 2.90. The first-order valence-electron chi connectivity index (χ1n) is 5.95. The Balaban J connectivity index is 1.85. The number of nitrogens with one attached hydrogen (secondary N) is 1. The van der Waals surface area contributed by atoms with Crippen molar-refractivity contribution in [1.82, 2.24) is 9.97 Å². The van der Waals surface area contributed by atoms with Gasteiger partial charge in [-0.25, -0.2) is 4.39 Å². The number of halogens is 1. The van der Waals surface area contributed by atoms with Gasteiger partial charge in [0.2, 0.25) is 0 Å². The Hall–Kier alpha value is -2.43. The lowest BCUT2D eigenvalue weighted by Crippen LogP contribution is -2.06. The summed E-state index contributed by atoms with van der Waals surface area (Å²) in [7, 11) is 0. The maximum absolute atomic E-state index is 13.1. The van der Waals surface area contributed by atoms with Gasteiger partial charge >= 0.3 is 0 Å². The highest BCUT2D eigenvalue weighted by Crippen LogP contribution is 2.23. The van der Waals surface area contributed by atoms with E-state index < -0.39 is 0 Å². The van der Waals surface area contributed by atoms with Crippen LogP contribution in [0.4, 0.5) is 10.4 Å². The number of aromatic nitrogens is 2. The van der Waals surface area contributed by atoms with Crippen LogP contribution in [0.1, 0.15) is 18.5 Å². The lowest BCUT2D eigenvalue weighted by Gasteiger charge is -2.11. The lowest BCUT2D eigenvalue weighted by atomic mass is 10.1. The molecule has 0 fully saturated rings. The number of nitrogens with zero attached hydrogens (tertiary/aromatic N) is 2. The van der Waals surface area contributed by atoms with Gasteiger partial charge in [0.1, 0.15) is 11.3 Å². The van der Waals surface area contributed by atoms with Gasteiger partial charge in [-0.05, 0) is 36.8 Å². The van der Waals surface area contributed by atoms with Crippen molar-refractivity contribution in [2.24, 2.45) is 0 Å². The highest BCUT2D eigenvalue weighted by molar-refractivity contribution is 5.74. The third-order valence-electron chi connectivity index (χ3n) is 2.90. The van der Waals surface area contributed by atoms with Gasteiger partial charge in [-0.1, -0.05) is 0 Å². The Bertz CT molecular complexity index is 696. The predicted molar refractivity (Wildman–Crippen MR) is 70.2 cm³/mol. The Morgan fingerprint density at radius 1 is 1.21 bits per heavy atom. The number of benzene rings is 1. The van der Waals surface area contributed by atoms with Crippen molar-refractivity contribution in [3.05, 3.63) is 54.1 Å². The minimum atomic E-state index is -0.325. The molecule has 0 radical (unpaired) electrons. The van der Waals surface area contributed by atoms with E-state index in [4.69, 9.17) is 4.42 Å².